The minimum absolute atomic E-state index is 0.00936. The number of hydrogen-bond acceptors (Lipinski definition) is 21. The van der Waals surface area contributed by atoms with E-state index in [0.717, 1.165) is 4.90 Å². The minimum atomic E-state index is -1.03. The van der Waals surface area contributed by atoms with Gasteiger partial charge in [0, 0.05) is 89.7 Å². The summed E-state index contributed by atoms with van der Waals surface area (Å²) < 4.78 is 39.1. The van der Waals surface area contributed by atoms with Crippen LogP contribution in [0, 0.1) is 0 Å². The fourth-order valence-electron chi connectivity index (χ4n) is 8.48. The Bertz CT molecular complexity index is 2360. The van der Waals surface area contributed by atoms with Crippen LogP contribution in [-0.2, 0) is 82.9 Å². The summed E-state index contributed by atoms with van der Waals surface area (Å²) in [6, 6.07) is 5.43. The molecule has 86 heavy (non-hydrogen) atoms. The van der Waals surface area contributed by atoms with Crippen LogP contribution >= 0.6 is 0 Å². The van der Waals surface area contributed by atoms with E-state index in [1.54, 1.807) is 86.6 Å². The molecule has 2 heterocycles. The number of hydrogen-bond donors (Lipinski definition) is 4. The Morgan fingerprint density at radius 1 is 0.512 bits per heavy atom. The van der Waals surface area contributed by atoms with Gasteiger partial charge in [0.25, 0.3) is 17.7 Å². The first-order valence-electron chi connectivity index (χ1n) is 29.5. The fraction of sp³-hybridized carbons (Fsp3) is 0.700. The van der Waals surface area contributed by atoms with Gasteiger partial charge in [0.05, 0.1) is 65.8 Å². The summed E-state index contributed by atoms with van der Waals surface area (Å²) in [5.74, 6) is -4.45. The molecule has 0 bridgehead atoms. The van der Waals surface area contributed by atoms with Gasteiger partial charge in [0.2, 0.25) is 17.7 Å². The van der Waals surface area contributed by atoms with Crippen molar-refractivity contribution in [3.63, 3.8) is 0 Å². The molecule has 0 saturated carbocycles. The van der Waals surface area contributed by atoms with Crippen LogP contribution < -0.4 is 21.3 Å². The topological polar surface area (TPSA) is 300 Å². The summed E-state index contributed by atoms with van der Waals surface area (Å²) in [6.07, 6.45) is 3.35. The lowest BCUT2D eigenvalue weighted by Gasteiger charge is -2.34. The average Bonchev–Trinajstić information content (AvgIpc) is 3.96. The molecule has 6 amide bonds. The molecule has 2 aliphatic heterocycles. The number of benzene rings is 1. The van der Waals surface area contributed by atoms with Gasteiger partial charge in [-0.1, -0.05) is 12.1 Å². The predicted octanol–water partition coefficient (Wildman–Crippen LogP) is 1.37. The standard InChI is InChI=1S/C60H97N9O17/c1-57(2,3)83-52(75)40-66-25-23-65(24-26-67(41-53(76)84-58(4,5)6)28-30-68(29-27-66)42-54(77)85-59(7,8)9)39-48(71)61-21-31-80-32-33-81-34-35-82-43-49(72)62-37-44-16-15-17-45(36-44)55(78)63-38-47(70)64-46(56(79)86-60(10,11)12)18-13-14-22-69-50(73)19-20-51(69)74/h15-17,19-20,36,46H,13-14,18,21-35,37-43H2,1-12H3,(H,61,71)(H,62,72)(H,63,78)(H,64,70)/t46-/m0/s1. The third-order valence-corrected chi connectivity index (χ3v) is 12.3. The second-order valence-corrected chi connectivity index (χ2v) is 25.0. The van der Waals surface area contributed by atoms with Gasteiger partial charge in [-0.15, -0.1) is 0 Å². The smallest absolute Gasteiger partial charge is 0.329 e. The molecule has 1 fully saturated rings. The molecule has 26 heteroatoms. The molecule has 0 radical (unpaired) electrons. The van der Waals surface area contributed by atoms with Crippen LogP contribution in [0.25, 0.3) is 0 Å². The van der Waals surface area contributed by atoms with Gasteiger partial charge in [-0.2, -0.15) is 0 Å². The van der Waals surface area contributed by atoms with Gasteiger partial charge >= 0.3 is 23.9 Å². The van der Waals surface area contributed by atoms with Crippen molar-refractivity contribution < 1.29 is 81.1 Å². The van der Waals surface area contributed by atoms with Crippen LogP contribution in [-0.4, -0.2) is 250 Å². The van der Waals surface area contributed by atoms with Crippen molar-refractivity contribution in [3.8, 4) is 0 Å². The molecule has 26 nitrogen and oxygen atoms in total. The van der Waals surface area contributed by atoms with Crippen molar-refractivity contribution in [2.75, 3.05) is 138 Å². The van der Waals surface area contributed by atoms with Gasteiger partial charge in [-0.25, -0.2) is 4.79 Å². The molecule has 1 aromatic rings. The first-order chi connectivity index (χ1) is 40.2. The number of rotatable bonds is 31. The van der Waals surface area contributed by atoms with Crippen LogP contribution in [0.15, 0.2) is 36.4 Å². The highest BCUT2D eigenvalue weighted by Crippen LogP contribution is 2.15. The van der Waals surface area contributed by atoms with Crippen LogP contribution in [0.3, 0.4) is 0 Å². The van der Waals surface area contributed by atoms with Crippen LogP contribution in [0.2, 0.25) is 0 Å². The first-order valence-corrected chi connectivity index (χ1v) is 29.5. The molecule has 4 N–H and O–H groups in total. The first kappa shape index (κ1) is 73.8. The van der Waals surface area contributed by atoms with Crippen LogP contribution in [0.4, 0.5) is 0 Å². The van der Waals surface area contributed by atoms with E-state index in [0.29, 0.717) is 70.8 Å². The van der Waals surface area contributed by atoms with Gasteiger partial charge < -0.3 is 54.4 Å². The second kappa shape index (κ2) is 36.7. The SMILES string of the molecule is CC(C)(C)OC(=O)CN1CCN(CC(=O)NCCOCCOCCOCC(=O)NCc2cccc(C(=O)NCC(=O)N[C@@H](CCCCN3C(=O)C=CC3=O)C(=O)OC(C)(C)C)c2)CCN(CC(=O)OC(C)(C)C)CCN(CC(=O)OC(C)(C)C)CC1. The number of esters is 4. The molecule has 0 aliphatic carbocycles. The van der Waals surface area contributed by atoms with Crippen molar-refractivity contribution in [2.24, 2.45) is 0 Å². The average molecular weight is 1220 g/mol. The fourth-order valence-corrected chi connectivity index (χ4v) is 8.48. The number of carbonyl (C=O) groups is 10. The highest BCUT2D eigenvalue weighted by Gasteiger charge is 2.30. The summed E-state index contributed by atoms with van der Waals surface area (Å²) in [4.78, 5) is 137. The van der Waals surface area contributed by atoms with E-state index in [2.05, 4.69) is 21.3 Å². The maximum atomic E-state index is 13.3. The van der Waals surface area contributed by atoms with Gasteiger partial charge in [0.15, 0.2) is 0 Å². The highest BCUT2D eigenvalue weighted by molar-refractivity contribution is 6.12. The number of nitrogens with zero attached hydrogens (tertiary/aromatic N) is 5. The van der Waals surface area contributed by atoms with Crippen molar-refractivity contribution in [3.05, 3.63) is 47.5 Å². The normalized spacial score (nSPS) is 15.9. The highest BCUT2D eigenvalue weighted by atomic mass is 16.6. The number of imide groups is 1. The molecule has 0 unspecified atom stereocenters. The Balaban J connectivity index is 1.38. The van der Waals surface area contributed by atoms with Crippen molar-refractivity contribution in [1.82, 2.24) is 45.8 Å². The molecular formula is C60H97N9O17. The Kier molecular flexibility index (Phi) is 31.5. The summed E-state index contributed by atoms with van der Waals surface area (Å²) in [5, 5.41) is 10.8. The molecule has 0 aromatic heterocycles. The number of nitrogens with one attached hydrogen (secondary N) is 4. The molecule has 1 saturated heterocycles. The van der Waals surface area contributed by atoms with Gasteiger partial charge in [0.1, 0.15) is 35.1 Å². The van der Waals surface area contributed by atoms with Crippen molar-refractivity contribution in [1.29, 1.82) is 0 Å². The van der Waals surface area contributed by atoms with E-state index in [-0.39, 0.29) is 109 Å². The summed E-state index contributed by atoms with van der Waals surface area (Å²) in [7, 11) is 0. The molecular weight excluding hydrogens is 1120 g/mol. The number of amides is 6. The second-order valence-electron chi connectivity index (χ2n) is 25.0. The quantitative estimate of drug-likeness (QED) is 0.0353. The summed E-state index contributed by atoms with van der Waals surface area (Å²) in [5.41, 5.74) is -2.02. The lowest BCUT2D eigenvalue weighted by atomic mass is 10.1. The van der Waals surface area contributed by atoms with E-state index >= 15 is 0 Å². The summed E-state index contributed by atoms with van der Waals surface area (Å²) in [6.45, 7) is 25.6. The number of ether oxygens (including phenoxy) is 7. The molecule has 0 spiro atoms. The predicted molar refractivity (Wildman–Crippen MR) is 317 cm³/mol. The maximum Gasteiger partial charge on any atom is 0.329 e. The van der Waals surface area contributed by atoms with Crippen LogP contribution in [0.1, 0.15) is 118 Å². The van der Waals surface area contributed by atoms with E-state index in [1.807, 2.05) is 40.4 Å². The summed E-state index contributed by atoms with van der Waals surface area (Å²) >= 11 is 0. The Morgan fingerprint density at radius 3 is 1.44 bits per heavy atom. The Morgan fingerprint density at radius 2 is 0.965 bits per heavy atom. The van der Waals surface area contributed by atoms with Crippen molar-refractivity contribution >= 4 is 59.3 Å². The molecule has 2 aliphatic rings. The van der Waals surface area contributed by atoms with Crippen molar-refractivity contribution in [2.45, 2.75) is 137 Å². The third kappa shape index (κ3) is 34.1. The van der Waals surface area contributed by atoms with E-state index in [9.17, 15) is 47.9 Å². The van der Waals surface area contributed by atoms with Gasteiger partial charge in [-0.3, -0.25) is 67.7 Å². The minimum Gasteiger partial charge on any atom is -0.459 e. The zero-order valence-corrected chi connectivity index (χ0v) is 52.9. The lowest BCUT2D eigenvalue weighted by Crippen LogP contribution is -2.50. The zero-order valence-electron chi connectivity index (χ0n) is 52.9. The monoisotopic (exact) mass is 1220 g/mol. The largest absolute Gasteiger partial charge is 0.459 e. The molecule has 1 aromatic carbocycles. The number of unbranched alkanes of at least 4 members (excludes halogenated alkanes) is 1. The van der Waals surface area contributed by atoms with E-state index < -0.39 is 82.4 Å². The molecule has 3 rings (SSSR count). The zero-order chi connectivity index (χ0) is 64.1. The van der Waals surface area contributed by atoms with Gasteiger partial charge in [-0.05, 0) is 120 Å². The van der Waals surface area contributed by atoms with E-state index in [1.165, 1.54) is 12.2 Å². The molecule has 484 valence electrons. The number of carbonyl (C=O) groups excluding carboxylic acids is 10. The lowest BCUT2D eigenvalue weighted by molar-refractivity contribution is -0.159. The maximum absolute atomic E-state index is 13.3. The molecule has 1 atom stereocenters. The Hall–Kier alpha value is -6.42. The third-order valence-electron chi connectivity index (χ3n) is 12.3. The van der Waals surface area contributed by atoms with Crippen LogP contribution in [0.5, 0.6) is 0 Å². The van der Waals surface area contributed by atoms with E-state index in [4.69, 9.17) is 33.2 Å². The Labute approximate surface area is 507 Å².